The Morgan fingerprint density at radius 2 is 2.09 bits per heavy atom. The van der Waals surface area contributed by atoms with Gasteiger partial charge in [-0.1, -0.05) is 27.2 Å². The normalized spacial score (nSPS) is 23.6. The minimum Gasteiger partial charge on any atom is -0.325 e. The number of rotatable bonds is 4. The molecule has 1 aliphatic heterocycles. The number of nitrogens with zero attached hydrogens (tertiary/aromatic N) is 3. The number of hydrogen-bond donors (Lipinski definition) is 0. The molecule has 1 aromatic rings. The zero-order valence-electron chi connectivity index (χ0n) is 15.5. The molecule has 3 unspecified atom stereocenters. The Morgan fingerprint density at radius 3 is 2.70 bits per heavy atom. The lowest BCUT2D eigenvalue weighted by Crippen LogP contribution is -2.31. The van der Waals surface area contributed by atoms with Crippen molar-refractivity contribution in [3.05, 3.63) is 17.0 Å². The Balaban J connectivity index is 2.33. The maximum atomic E-state index is 5.02. The lowest BCUT2D eigenvalue weighted by Gasteiger charge is -2.27. The van der Waals surface area contributed by atoms with E-state index in [-0.39, 0.29) is 0 Å². The average Bonchev–Trinajstić information content (AvgIpc) is 2.94. The standard InChI is InChI=1S/C19H31N3S/c1-7-8-14(3)19-20-16(5)13(2)9-11-17(21-19)22(6)18-12-10-15(4)23-18/h10,12-14,16H,7-9,11H2,1-6H3. The highest BCUT2D eigenvalue weighted by Gasteiger charge is 2.22. The Labute approximate surface area is 145 Å². The van der Waals surface area contributed by atoms with Crippen LogP contribution in [0.5, 0.6) is 0 Å². The molecule has 3 atom stereocenters. The van der Waals surface area contributed by atoms with Gasteiger partial charge in [0.2, 0.25) is 0 Å². The summed E-state index contributed by atoms with van der Waals surface area (Å²) < 4.78 is 0. The molecule has 23 heavy (non-hydrogen) atoms. The number of amidine groups is 2. The Bertz CT molecular complexity index is 573. The van der Waals surface area contributed by atoms with E-state index in [0.29, 0.717) is 17.9 Å². The molecule has 1 aliphatic rings. The highest BCUT2D eigenvalue weighted by atomic mass is 32.1. The van der Waals surface area contributed by atoms with Crippen LogP contribution in [0.2, 0.25) is 0 Å². The molecule has 2 rings (SSSR count). The van der Waals surface area contributed by atoms with Crippen molar-refractivity contribution in [1.29, 1.82) is 0 Å². The van der Waals surface area contributed by atoms with Gasteiger partial charge in [-0.2, -0.15) is 0 Å². The fourth-order valence-electron chi connectivity index (χ4n) is 2.92. The quantitative estimate of drug-likeness (QED) is 0.710. The van der Waals surface area contributed by atoms with Gasteiger partial charge in [-0.3, -0.25) is 4.99 Å². The number of hydrogen-bond acceptors (Lipinski definition) is 4. The first-order chi connectivity index (χ1) is 10.9. The van der Waals surface area contributed by atoms with Crippen molar-refractivity contribution in [2.24, 2.45) is 21.8 Å². The predicted octanol–water partition coefficient (Wildman–Crippen LogP) is 5.54. The predicted molar refractivity (Wildman–Crippen MR) is 104 cm³/mol. The molecular formula is C19H31N3S. The van der Waals surface area contributed by atoms with Crippen molar-refractivity contribution < 1.29 is 0 Å². The highest BCUT2D eigenvalue weighted by molar-refractivity contribution is 7.16. The van der Waals surface area contributed by atoms with Gasteiger partial charge < -0.3 is 4.90 Å². The molecule has 3 nitrogen and oxygen atoms in total. The van der Waals surface area contributed by atoms with Crippen LogP contribution in [-0.4, -0.2) is 24.8 Å². The Kier molecular flexibility index (Phi) is 6.40. The molecule has 4 heteroatoms. The van der Waals surface area contributed by atoms with Crippen LogP contribution in [0.3, 0.4) is 0 Å². The SMILES string of the molecule is CCCC(C)C1=NC(C)C(C)CCC(N(C)c2ccc(C)s2)=N1. The summed E-state index contributed by atoms with van der Waals surface area (Å²) in [6, 6.07) is 4.74. The van der Waals surface area contributed by atoms with Crippen molar-refractivity contribution in [1.82, 2.24) is 0 Å². The summed E-state index contributed by atoms with van der Waals surface area (Å²) in [7, 11) is 2.14. The highest BCUT2D eigenvalue weighted by Crippen LogP contribution is 2.27. The number of aliphatic imine (C=N–C) groups is 2. The van der Waals surface area contributed by atoms with Crippen molar-refractivity contribution >= 4 is 28.0 Å². The van der Waals surface area contributed by atoms with E-state index in [2.05, 4.69) is 58.7 Å². The molecule has 0 bridgehead atoms. The van der Waals surface area contributed by atoms with E-state index in [4.69, 9.17) is 9.98 Å². The first-order valence-electron chi connectivity index (χ1n) is 8.87. The number of thiophene rings is 1. The Morgan fingerprint density at radius 1 is 1.35 bits per heavy atom. The largest absolute Gasteiger partial charge is 0.325 e. The van der Waals surface area contributed by atoms with E-state index in [1.165, 1.54) is 16.3 Å². The second-order valence-corrected chi connectivity index (χ2v) is 8.17. The first-order valence-corrected chi connectivity index (χ1v) is 9.69. The van der Waals surface area contributed by atoms with Crippen molar-refractivity contribution in [3.63, 3.8) is 0 Å². The van der Waals surface area contributed by atoms with E-state index in [0.717, 1.165) is 30.9 Å². The smallest absolute Gasteiger partial charge is 0.128 e. The summed E-state index contributed by atoms with van der Waals surface area (Å²) in [5.74, 6) is 3.23. The summed E-state index contributed by atoms with van der Waals surface area (Å²) in [6.45, 7) is 11.2. The summed E-state index contributed by atoms with van der Waals surface area (Å²) in [5, 5.41) is 1.27. The fraction of sp³-hybridized carbons (Fsp3) is 0.684. The molecule has 0 amide bonds. The van der Waals surface area contributed by atoms with Crippen LogP contribution in [0, 0.1) is 18.8 Å². The van der Waals surface area contributed by atoms with Crippen LogP contribution in [0.1, 0.15) is 58.3 Å². The minimum absolute atomic E-state index is 0.365. The molecule has 0 radical (unpaired) electrons. The van der Waals surface area contributed by atoms with E-state index >= 15 is 0 Å². The second kappa shape index (κ2) is 8.09. The summed E-state index contributed by atoms with van der Waals surface area (Å²) in [4.78, 5) is 13.6. The third-order valence-corrected chi connectivity index (χ3v) is 5.91. The van der Waals surface area contributed by atoms with Gasteiger partial charge >= 0.3 is 0 Å². The molecule has 1 aromatic heterocycles. The van der Waals surface area contributed by atoms with Gasteiger partial charge in [-0.15, -0.1) is 11.3 Å². The maximum Gasteiger partial charge on any atom is 0.128 e. The van der Waals surface area contributed by atoms with Crippen LogP contribution in [0.15, 0.2) is 22.1 Å². The first kappa shape index (κ1) is 18.2. The average molecular weight is 334 g/mol. The van der Waals surface area contributed by atoms with Gasteiger partial charge in [0.1, 0.15) is 11.7 Å². The van der Waals surface area contributed by atoms with E-state index in [9.17, 15) is 0 Å². The number of anilines is 1. The molecule has 0 spiro atoms. The summed E-state index contributed by atoms with van der Waals surface area (Å²) in [5.41, 5.74) is 0. The van der Waals surface area contributed by atoms with Crippen LogP contribution in [-0.2, 0) is 0 Å². The lowest BCUT2D eigenvalue weighted by atomic mass is 9.96. The Hall–Kier alpha value is -1.16. The summed E-state index contributed by atoms with van der Waals surface area (Å²) in [6.07, 6.45) is 4.50. The van der Waals surface area contributed by atoms with Gasteiger partial charge in [0, 0.05) is 24.3 Å². The van der Waals surface area contributed by atoms with E-state index in [1.807, 2.05) is 11.3 Å². The van der Waals surface area contributed by atoms with Crippen molar-refractivity contribution in [2.75, 3.05) is 11.9 Å². The number of aryl methyl sites for hydroxylation is 1. The van der Waals surface area contributed by atoms with Crippen LogP contribution < -0.4 is 4.90 Å². The minimum atomic E-state index is 0.365. The van der Waals surface area contributed by atoms with Gasteiger partial charge in [0.05, 0.1) is 11.0 Å². The molecule has 0 N–H and O–H groups in total. The molecule has 0 saturated carbocycles. The molecule has 128 valence electrons. The monoisotopic (exact) mass is 333 g/mol. The second-order valence-electron chi connectivity index (χ2n) is 6.90. The van der Waals surface area contributed by atoms with E-state index < -0.39 is 0 Å². The molecule has 0 aromatic carbocycles. The van der Waals surface area contributed by atoms with Gasteiger partial charge in [-0.05, 0) is 44.7 Å². The summed E-state index contributed by atoms with van der Waals surface area (Å²) >= 11 is 1.83. The zero-order valence-corrected chi connectivity index (χ0v) is 16.3. The molecule has 0 saturated heterocycles. The third kappa shape index (κ3) is 4.66. The molecule has 2 heterocycles. The van der Waals surface area contributed by atoms with Gasteiger partial charge in [0.15, 0.2) is 0 Å². The van der Waals surface area contributed by atoms with E-state index in [1.54, 1.807) is 0 Å². The van der Waals surface area contributed by atoms with Gasteiger partial charge in [0.25, 0.3) is 0 Å². The molecule has 0 fully saturated rings. The third-order valence-electron chi connectivity index (χ3n) is 4.83. The van der Waals surface area contributed by atoms with Crippen molar-refractivity contribution in [3.8, 4) is 0 Å². The maximum absolute atomic E-state index is 5.02. The van der Waals surface area contributed by atoms with Gasteiger partial charge in [-0.25, -0.2) is 4.99 Å². The lowest BCUT2D eigenvalue weighted by molar-refractivity contribution is 0.454. The fourth-order valence-corrected chi connectivity index (χ4v) is 3.77. The molecule has 0 aliphatic carbocycles. The van der Waals surface area contributed by atoms with Crippen LogP contribution in [0.4, 0.5) is 5.00 Å². The topological polar surface area (TPSA) is 28.0 Å². The van der Waals surface area contributed by atoms with Crippen molar-refractivity contribution in [2.45, 2.75) is 66.3 Å². The van der Waals surface area contributed by atoms with Crippen LogP contribution >= 0.6 is 11.3 Å². The zero-order chi connectivity index (χ0) is 17.0. The molecular weight excluding hydrogens is 302 g/mol. The van der Waals surface area contributed by atoms with Crippen LogP contribution in [0.25, 0.3) is 0 Å².